The van der Waals surface area contributed by atoms with Gasteiger partial charge < -0.3 is 9.84 Å². The first kappa shape index (κ1) is 16.3. The van der Waals surface area contributed by atoms with E-state index in [-0.39, 0.29) is 11.7 Å². The van der Waals surface area contributed by atoms with Crippen molar-refractivity contribution in [2.45, 2.75) is 0 Å². The Morgan fingerprint density at radius 2 is 2.29 bits per heavy atom. The van der Waals surface area contributed by atoms with Crippen LogP contribution in [-0.2, 0) is 4.79 Å². The van der Waals surface area contributed by atoms with Crippen molar-refractivity contribution in [1.82, 2.24) is 4.90 Å². The van der Waals surface area contributed by atoms with E-state index in [0.29, 0.717) is 25.1 Å². The van der Waals surface area contributed by atoms with E-state index in [2.05, 4.69) is 6.58 Å². The third kappa shape index (κ3) is 3.41. The third-order valence-electron chi connectivity index (χ3n) is 2.75. The topological polar surface area (TPSA) is 49.8 Å². The van der Waals surface area contributed by atoms with Gasteiger partial charge in [0.1, 0.15) is 4.32 Å². The van der Waals surface area contributed by atoms with Gasteiger partial charge in [0.25, 0.3) is 5.91 Å². The van der Waals surface area contributed by atoms with Crippen molar-refractivity contribution >= 4 is 62.9 Å². The summed E-state index contributed by atoms with van der Waals surface area (Å²) in [4.78, 5) is 14.3. The molecule has 1 N–H and O–H groups in total. The van der Waals surface area contributed by atoms with Crippen LogP contribution >= 0.6 is 46.6 Å². The molecule has 7 heteroatoms. The fraction of sp³-hybridized carbons (Fsp3) is 0.143. The molecule has 1 heterocycles. The summed E-state index contributed by atoms with van der Waals surface area (Å²) in [5.41, 5.74) is 0.771. The molecule has 4 nitrogen and oxygen atoms in total. The number of amides is 1. The number of benzene rings is 1. The molecular formula is C14H12INO3S2. The molecular weight excluding hydrogens is 421 g/mol. The number of rotatable bonds is 4. The minimum Gasteiger partial charge on any atom is -0.504 e. The molecule has 0 aliphatic carbocycles. The van der Waals surface area contributed by atoms with E-state index in [1.165, 1.54) is 23.8 Å². The highest BCUT2D eigenvalue weighted by Gasteiger charge is 2.31. The summed E-state index contributed by atoms with van der Waals surface area (Å²) in [5.74, 6) is 0.330. The number of phenolic OH excluding ortho intramolecular Hbond substituents is 1. The van der Waals surface area contributed by atoms with Crippen molar-refractivity contribution in [2.24, 2.45) is 0 Å². The predicted octanol–water partition coefficient (Wildman–Crippen LogP) is 3.39. The smallest absolute Gasteiger partial charge is 0.266 e. The summed E-state index contributed by atoms with van der Waals surface area (Å²) in [6, 6.07) is 3.45. The Bertz CT molecular complexity index is 658. The van der Waals surface area contributed by atoms with Gasteiger partial charge in [-0.25, -0.2) is 0 Å². The average Bonchev–Trinajstić information content (AvgIpc) is 2.70. The van der Waals surface area contributed by atoms with Gasteiger partial charge >= 0.3 is 0 Å². The summed E-state index contributed by atoms with van der Waals surface area (Å²) in [7, 11) is 1.48. The van der Waals surface area contributed by atoms with Crippen LogP contribution in [0.3, 0.4) is 0 Å². The number of halogens is 1. The van der Waals surface area contributed by atoms with Gasteiger partial charge in [0.15, 0.2) is 11.5 Å². The molecule has 0 bridgehead atoms. The van der Waals surface area contributed by atoms with Crippen molar-refractivity contribution in [3.8, 4) is 11.5 Å². The molecule has 0 aromatic heterocycles. The van der Waals surface area contributed by atoms with Crippen LogP contribution in [0.5, 0.6) is 11.5 Å². The van der Waals surface area contributed by atoms with Crippen LogP contribution in [0.25, 0.3) is 6.08 Å². The van der Waals surface area contributed by atoms with Gasteiger partial charge in [-0.1, -0.05) is 30.1 Å². The molecule has 0 radical (unpaired) electrons. The highest BCUT2D eigenvalue weighted by molar-refractivity contribution is 14.1. The minimum absolute atomic E-state index is 0.0921. The predicted molar refractivity (Wildman–Crippen MR) is 97.5 cm³/mol. The molecule has 0 atom stereocenters. The lowest BCUT2D eigenvalue weighted by Crippen LogP contribution is -2.27. The lowest BCUT2D eigenvalue weighted by Gasteiger charge is -2.10. The average molecular weight is 433 g/mol. The van der Waals surface area contributed by atoms with E-state index in [1.807, 2.05) is 22.6 Å². The summed E-state index contributed by atoms with van der Waals surface area (Å²) in [6.45, 7) is 4.02. The molecule has 21 heavy (non-hydrogen) atoms. The molecule has 2 rings (SSSR count). The first-order valence-corrected chi connectivity index (χ1v) is 8.21. The Hall–Kier alpha value is -1.06. The number of hydrogen-bond donors (Lipinski definition) is 1. The van der Waals surface area contributed by atoms with Gasteiger partial charge in [-0.3, -0.25) is 9.69 Å². The summed E-state index contributed by atoms with van der Waals surface area (Å²) in [6.07, 6.45) is 3.38. The molecule has 1 saturated heterocycles. The molecule has 1 fully saturated rings. The Morgan fingerprint density at radius 1 is 1.57 bits per heavy atom. The highest BCUT2D eigenvalue weighted by Crippen LogP contribution is 2.36. The maximum absolute atomic E-state index is 12.2. The maximum atomic E-state index is 12.2. The fourth-order valence-corrected chi connectivity index (χ4v) is 3.67. The van der Waals surface area contributed by atoms with E-state index in [4.69, 9.17) is 17.0 Å². The molecule has 1 aliphatic rings. The number of ether oxygens (including phenoxy) is 1. The van der Waals surface area contributed by atoms with Gasteiger partial charge in [-0.15, -0.1) is 6.58 Å². The monoisotopic (exact) mass is 433 g/mol. The molecule has 0 spiro atoms. The van der Waals surface area contributed by atoms with E-state index < -0.39 is 0 Å². The van der Waals surface area contributed by atoms with Crippen LogP contribution in [0.1, 0.15) is 5.56 Å². The van der Waals surface area contributed by atoms with Gasteiger partial charge in [0.05, 0.1) is 15.6 Å². The van der Waals surface area contributed by atoms with Crippen molar-refractivity contribution in [3.05, 3.63) is 38.8 Å². The minimum atomic E-state index is -0.132. The van der Waals surface area contributed by atoms with E-state index in [9.17, 15) is 9.90 Å². The largest absolute Gasteiger partial charge is 0.504 e. The third-order valence-corrected chi connectivity index (χ3v) is 4.95. The van der Waals surface area contributed by atoms with Gasteiger partial charge in [-0.2, -0.15) is 0 Å². The Kier molecular flexibility index (Phi) is 5.28. The highest BCUT2D eigenvalue weighted by atomic mass is 127. The molecule has 1 aromatic rings. The van der Waals surface area contributed by atoms with Crippen molar-refractivity contribution in [3.63, 3.8) is 0 Å². The number of carbonyl (C=O) groups is 1. The first-order chi connectivity index (χ1) is 9.97. The van der Waals surface area contributed by atoms with E-state index >= 15 is 0 Å². The Morgan fingerprint density at radius 3 is 2.90 bits per heavy atom. The second-order valence-electron chi connectivity index (χ2n) is 4.13. The van der Waals surface area contributed by atoms with Gasteiger partial charge in [0, 0.05) is 6.54 Å². The molecule has 0 unspecified atom stereocenters. The lowest BCUT2D eigenvalue weighted by atomic mass is 10.2. The zero-order valence-corrected chi connectivity index (χ0v) is 14.9. The van der Waals surface area contributed by atoms with Crippen LogP contribution in [-0.4, -0.2) is 33.9 Å². The molecule has 0 saturated carbocycles. The zero-order valence-electron chi connectivity index (χ0n) is 11.1. The molecule has 1 aromatic carbocycles. The van der Waals surface area contributed by atoms with Crippen LogP contribution in [0.15, 0.2) is 29.7 Å². The van der Waals surface area contributed by atoms with E-state index in [1.54, 1.807) is 24.3 Å². The van der Waals surface area contributed by atoms with Crippen molar-refractivity contribution in [1.29, 1.82) is 0 Å². The number of thiocarbonyl (C=S) groups is 1. The molecule has 110 valence electrons. The second kappa shape index (κ2) is 6.80. The number of nitrogens with zero attached hydrogens (tertiary/aromatic N) is 1. The zero-order chi connectivity index (χ0) is 15.6. The van der Waals surface area contributed by atoms with Crippen LogP contribution < -0.4 is 4.74 Å². The standard InChI is InChI=1S/C14H12INO3S2/c1-3-4-16-13(18)11(21-14(16)20)7-8-5-9(15)12(17)10(6-8)19-2/h3,5-7,17H,1,4H2,2H3/b11-7+. The number of hydrogen-bond acceptors (Lipinski definition) is 5. The summed E-state index contributed by atoms with van der Waals surface area (Å²) < 4.78 is 6.29. The van der Waals surface area contributed by atoms with Crippen molar-refractivity contribution in [2.75, 3.05) is 13.7 Å². The quantitative estimate of drug-likeness (QED) is 0.342. The van der Waals surface area contributed by atoms with Gasteiger partial charge in [-0.05, 0) is 46.4 Å². The maximum Gasteiger partial charge on any atom is 0.266 e. The Labute approximate surface area is 146 Å². The second-order valence-corrected chi connectivity index (χ2v) is 6.97. The SMILES string of the molecule is C=CCN1C(=O)/C(=C\c2cc(I)c(O)c(OC)c2)SC1=S. The lowest BCUT2D eigenvalue weighted by molar-refractivity contribution is -0.121. The van der Waals surface area contributed by atoms with Gasteiger partial charge in [0.2, 0.25) is 0 Å². The van der Waals surface area contributed by atoms with Crippen LogP contribution in [0, 0.1) is 3.57 Å². The summed E-state index contributed by atoms with van der Waals surface area (Å²) >= 11 is 8.45. The number of phenols is 1. The molecule has 1 amide bonds. The Balaban J connectivity index is 2.37. The van der Waals surface area contributed by atoms with E-state index in [0.717, 1.165) is 5.56 Å². The number of carbonyl (C=O) groups excluding carboxylic acids is 1. The van der Waals surface area contributed by atoms with Crippen molar-refractivity contribution < 1.29 is 14.6 Å². The van der Waals surface area contributed by atoms with Crippen LogP contribution in [0.2, 0.25) is 0 Å². The van der Waals surface area contributed by atoms with Crippen LogP contribution in [0.4, 0.5) is 0 Å². The number of aromatic hydroxyl groups is 1. The first-order valence-electron chi connectivity index (χ1n) is 5.90. The summed E-state index contributed by atoms with van der Waals surface area (Å²) in [5, 5.41) is 9.82. The number of thioether (sulfide) groups is 1. The fourth-order valence-electron chi connectivity index (χ4n) is 1.77. The normalized spacial score (nSPS) is 16.7. The molecule has 1 aliphatic heterocycles. The number of methoxy groups -OCH3 is 1.